The highest BCUT2D eigenvalue weighted by atomic mass is 19.4. The number of aryl methyl sites for hydroxylation is 1. The van der Waals surface area contributed by atoms with Crippen LogP contribution in [0.25, 0.3) is 11.1 Å². The van der Waals surface area contributed by atoms with Crippen LogP contribution < -0.4 is 15.3 Å². The number of hydrogen-bond acceptors (Lipinski definition) is 5. The van der Waals surface area contributed by atoms with Crippen molar-refractivity contribution in [3.05, 3.63) is 84.1 Å². The number of halogens is 3. The first-order valence-corrected chi connectivity index (χ1v) is 9.75. The van der Waals surface area contributed by atoms with Gasteiger partial charge in [-0.05, 0) is 47.5 Å². The van der Waals surface area contributed by atoms with Gasteiger partial charge in [-0.15, -0.1) is 0 Å². The summed E-state index contributed by atoms with van der Waals surface area (Å²) in [6, 6.07) is 9.22. The van der Waals surface area contributed by atoms with Crippen LogP contribution in [0.3, 0.4) is 0 Å². The minimum atomic E-state index is -4.51. The summed E-state index contributed by atoms with van der Waals surface area (Å²) in [6.07, 6.45) is 2.18. The fourth-order valence-corrected chi connectivity index (χ4v) is 3.07. The Bertz CT molecular complexity index is 1270. The van der Waals surface area contributed by atoms with Crippen molar-refractivity contribution in [1.82, 2.24) is 15.2 Å². The molecule has 2 amide bonds. The molecule has 168 valence electrons. The van der Waals surface area contributed by atoms with Crippen LogP contribution in [0.2, 0.25) is 0 Å². The molecular weight excluding hydrogens is 437 g/mol. The Kier molecular flexibility index (Phi) is 6.03. The second-order valence-corrected chi connectivity index (χ2v) is 7.15. The molecule has 8 nitrogen and oxygen atoms in total. The third-order valence-corrected chi connectivity index (χ3v) is 4.69. The van der Waals surface area contributed by atoms with Gasteiger partial charge in [0.15, 0.2) is 0 Å². The van der Waals surface area contributed by atoms with Crippen molar-refractivity contribution in [1.29, 1.82) is 0 Å². The number of alkyl halides is 3. The molecule has 0 fully saturated rings. The fraction of sp³-hybridized carbons (Fsp3) is 0.136. The van der Waals surface area contributed by atoms with Crippen LogP contribution in [-0.4, -0.2) is 21.3 Å². The molecule has 0 saturated carbocycles. The van der Waals surface area contributed by atoms with E-state index < -0.39 is 17.8 Å². The number of nitrogens with one attached hydrogen (secondary N) is 2. The molecule has 0 aliphatic carbocycles. The maximum absolute atomic E-state index is 12.8. The smallest absolute Gasteiger partial charge is 0.308 e. The van der Waals surface area contributed by atoms with E-state index in [1.54, 1.807) is 18.6 Å². The Morgan fingerprint density at radius 3 is 2.70 bits per heavy atom. The molecule has 33 heavy (non-hydrogen) atoms. The molecular formula is C22H18F3N6O2+. The van der Waals surface area contributed by atoms with Crippen molar-refractivity contribution in [2.24, 2.45) is 0 Å². The van der Waals surface area contributed by atoms with Gasteiger partial charge < -0.3 is 5.32 Å². The average Bonchev–Trinajstić information content (AvgIpc) is 3.21. The first-order valence-electron chi connectivity index (χ1n) is 9.75. The van der Waals surface area contributed by atoms with Gasteiger partial charge in [0.2, 0.25) is 11.8 Å². The van der Waals surface area contributed by atoms with E-state index in [9.17, 15) is 18.0 Å². The van der Waals surface area contributed by atoms with E-state index in [2.05, 4.69) is 25.9 Å². The minimum absolute atomic E-state index is 0.0112. The number of hydrogen-bond donors (Lipinski definition) is 2. The number of anilines is 2. The molecule has 11 heteroatoms. The number of carbonyl (C=O) groups is 1. The Balaban J connectivity index is 1.36. The van der Waals surface area contributed by atoms with E-state index in [1.165, 1.54) is 23.0 Å². The van der Waals surface area contributed by atoms with Gasteiger partial charge >= 0.3 is 18.1 Å². The second-order valence-electron chi connectivity index (χ2n) is 7.15. The van der Waals surface area contributed by atoms with Crippen molar-refractivity contribution in [2.45, 2.75) is 19.6 Å². The quantitative estimate of drug-likeness (QED) is 0.434. The van der Waals surface area contributed by atoms with Crippen LogP contribution in [0.1, 0.15) is 16.8 Å². The lowest BCUT2D eigenvalue weighted by Gasteiger charge is -2.09. The van der Waals surface area contributed by atoms with Gasteiger partial charge in [0.05, 0.1) is 5.56 Å². The number of rotatable bonds is 5. The van der Waals surface area contributed by atoms with Gasteiger partial charge in [-0.2, -0.15) is 13.2 Å². The Labute approximate surface area is 186 Å². The van der Waals surface area contributed by atoms with Crippen LogP contribution in [0.15, 0.2) is 71.8 Å². The maximum atomic E-state index is 12.8. The summed E-state index contributed by atoms with van der Waals surface area (Å²) in [5, 5.41) is 8.52. The van der Waals surface area contributed by atoms with Crippen LogP contribution >= 0.6 is 0 Å². The molecule has 3 aromatic heterocycles. The zero-order valence-corrected chi connectivity index (χ0v) is 17.3. The highest BCUT2D eigenvalue weighted by Gasteiger charge is 2.30. The van der Waals surface area contributed by atoms with Crippen LogP contribution in [0, 0.1) is 6.92 Å². The molecule has 0 spiro atoms. The summed E-state index contributed by atoms with van der Waals surface area (Å²) in [7, 11) is 0. The lowest BCUT2D eigenvalue weighted by molar-refractivity contribution is -0.755. The molecule has 3 heterocycles. The van der Waals surface area contributed by atoms with Crippen LogP contribution in [-0.2, 0) is 12.7 Å². The minimum Gasteiger partial charge on any atom is -0.308 e. The predicted molar refractivity (Wildman–Crippen MR) is 112 cm³/mol. The third-order valence-electron chi connectivity index (χ3n) is 4.69. The second kappa shape index (κ2) is 9.07. The van der Waals surface area contributed by atoms with Gasteiger partial charge in [-0.25, -0.2) is 4.79 Å². The Hall–Kier alpha value is -4.28. The summed E-state index contributed by atoms with van der Waals surface area (Å²) in [5.74, 6) is 0.0158. The number of carbonyl (C=O) groups excluding carboxylic acids is 1. The topological polar surface area (TPSA) is 96.8 Å². The van der Waals surface area contributed by atoms with E-state index >= 15 is 0 Å². The van der Waals surface area contributed by atoms with Crippen LogP contribution in [0.5, 0.6) is 0 Å². The van der Waals surface area contributed by atoms with E-state index in [0.29, 0.717) is 5.69 Å². The third kappa shape index (κ3) is 5.50. The van der Waals surface area contributed by atoms with Crippen LogP contribution in [0.4, 0.5) is 29.5 Å². The summed E-state index contributed by atoms with van der Waals surface area (Å²) >= 11 is 0. The zero-order chi connectivity index (χ0) is 23.4. The lowest BCUT2D eigenvalue weighted by atomic mass is 10.1. The number of pyridine rings is 2. The Morgan fingerprint density at radius 2 is 1.97 bits per heavy atom. The highest BCUT2D eigenvalue weighted by Crippen LogP contribution is 2.30. The van der Waals surface area contributed by atoms with Crippen molar-refractivity contribution in [3.8, 4) is 11.1 Å². The number of benzene rings is 1. The van der Waals surface area contributed by atoms with Gasteiger partial charge in [0, 0.05) is 35.4 Å². The summed E-state index contributed by atoms with van der Waals surface area (Å²) < 4.78 is 44.9. The first kappa shape index (κ1) is 21.9. The van der Waals surface area contributed by atoms with Crippen molar-refractivity contribution >= 4 is 17.6 Å². The molecule has 0 bridgehead atoms. The molecule has 0 aliphatic heterocycles. The molecule has 2 N–H and O–H groups in total. The summed E-state index contributed by atoms with van der Waals surface area (Å²) in [4.78, 5) is 20.7. The van der Waals surface area contributed by atoms with E-state index in [0.717, 1.165) is 28.8 Å². The SMILES string of the molecule is Cc1ccncc1-c1ccc(C[n+]2cc(NC(=O)Nc3cccc(C(F)(F)F)c3)on2)nc1. The molecule has 0 atom stereocenters. The molecule has 1 aromatic carbocycles. The monoisotopic (exact) mass is 455 g/mol. The summed E-state index contributed by atoms with van der Waals surface area (Å²) in [5.41, 5.74) is 2.84. The van der Waals surface area contributed by atoms with Crippen molar-refractivity contribution in [3.63, 3.8) is 0 Å². The molecule has 4 aromatic rings. The Morgan fingerprint density at radius 1 is 1.12 bits per heavy atom. The number of urea groups is 1. The van der Waals surface area contributed by atoms with E-state index in [-0.39, 0.29) is 18.1 Å². The molecule has 0 radical (unpaired) electrons. The summed E-state index contributed by atoms with van der Waals surface area (Å²) in [6.45, 7) is 2.28. The van der Waals surface area contributed by atoms with E-state index in [1.807, 2.05) is 25.1 Å². The molecule has 0 saturated heterocycles. The molecule has 0 aliphatic rings. The van der Waals surface area contributed by atoms with E-state index in [4.69, 9.17) is 4.52 Å². The lowest BCUT2D eigenvalue weighted by Crippen LogP contribution is -2.35. The zero-order valence-electron chi connectivity index (χ0n) is 17.3. The van der Waals surface area contributed by atoms with Gasteiger partial charge in [0.1, 0.15) is 5.69 Å². The van der Waals surface area contributed by atoms with Crippen molar-refractivity contribution in [2.75, 3.05) is 10.6 Å². The predicted octanol–water partition coefficient (Wildman–Crippen LogP) is 4.44. The largest absolute Gasteiger partial charge is 0.416 e. The van der Waals surface area contributed by atoms with Gasteiger partial charge in [-0.1, -0.05) is 12.1 Å². The van der Waals surface area contributed by atoms with Gasteiger partial charge in [-0.3, -0.25) is 19.8 Å². The van der Waals surface area contributed by atoms with Gasteiger partial charge in [0.25, 0.3) is 6.20 Å². The highest BCUT2D eigenvalue weighted by molar-refractivity contribution is 5.98. The first-order chi connectivity index (χ1) is 15.8. The number of aromatic nitrogens is 4. The standard InChI is InChI=1S/C22H17F3N6O2/c1-14-7-8-26-11-19(14)15-5-6-18(27-10-15)12-31-13-20(33-30-31)29-21(32)28-17-4-2-3-16(9-17)22(23,24)25/h2-11,13H,12H2,1H3,(H-,28,29,30,32)/p+1. The average molecular weight is 455 g/mol. The molecule has 0 unspecified atom stereocenters. The fourth-order valence-electron chi connectivity index (χ4n) is 3.07. The number of nitrogens with zero attached hydrogens (tertiary/aromatic N) is 4. The van der Waals surface area contributed by atoms with Crippen molar-refractivity contribution < 1.29 is 27.2 Å². The maximum Gasteiger partial charge on any atom is 0.416 e. The normalized spacial score (nSPS) is 11.3. The molecule has 4 rings (SSSR count). The number of amides is 2.